The highest BCUT2D eigenvalue weighted by atomic mass is 32.2. The fourth-order valence-electron chi connectivity index (χ4n) is 1.34. The highest BCUT2D eigenvalue weighted by Gasteiger charge is 2.05. The second kappa shape index (κ2) is 6.76. The van der Waals surface area contributed by atoms with Gasteiger partial charge >= 0.3 is 0 Å². The summed E-state index contributed by atoms with van der Waals surface area (Å²) in [6, 6.07) is 6.73. The average Bonchev–Trinajstić information content (AvgIpc) is 2.26. The fraction of sp³-hybridized carbons (Fsp3) is 0.500. The van der Waals surface area contributed by atoms with Gasteiger partial charge in [-0.25, -0.2) is 4.39 Å². The Hall–Kier alpha value is -0.740. The van der Waals surface area contributed by atoms with E-state index in [1.54, 1.807) is 18.4 Å². The molecule has 2 nitrogen and oxygen atoms in total. The van der Waals surface area contributed by atoms with Crippen molar-refractivity contribution in [3.63, 3.8) is 0 Å². The molecule has 2 atom stereocenters. The normalized spacial score (nSPS) is 14.7. The summed E-state index contributed by atoms with van der Waals surface area (Å²) in [5.41, 5.74) is 0.674. The number of halogens is 1. The minimum Gasteiger partial charge on any atom is -0.313 e. The average molecular weight is 243 g/mol. The summed E-state index contributed by atoms with van der Waals surface area (Å²) in [6.45, 7) is 3.24. The molecule has 4 heteroatoms. The summed E-state index contributed by atoms with van der Waals surface area (Å²) in [7, 11) is -0.777. The van der Waals surface area contributed by atoms with Gasteiger partial charge in [0.25, 0.3) is 0 Å². The molecular formula is C12H18FNOS. The lowest BCUT2D eigenvalue weighted by Crippen LogP contribution is -2.21. The molecule has 0 aromatic heterocycles. The number of hydrogen-bond donors (Lipinski definition) is 1. The van der Waals surface area contributed by atoms with Gasteiger partial charge < -0.3 is 5.32 Å². The van der Waals surface area contributed by atoms with Crippen molar-refractivity contribution in [2.24, 2.45) is 0 Å². The third-order valence-electron chi connectivity index (χ3n) is 2.57. The van der Waals surface area contributed by atoms with Gasteiger partial charge in [-0.3, -0.25) is 4.21 Å². The van der Waals surface area contributed by atoms with Crippen molar-refractivity contribution in [1.29, 1.82) is 0 Å². The number of nitrogens with one attached hydrogen (secondary N) is 1. The lowest BCUT2D eigenvalue weighted by atomic mass is 10.2. The van der Waals surface area contributed by atoms with Gasteiger partial charge in [0.1, 0.15) is 5.82 Å². The molecule has 0 saturated carbocycles. The van der Waals surface area contributed by atoms with Gasteiger partial charge in [0.2, 0.25) is 0 Å². The van der Waals surface area contributed by atoms with Crippen LogP contribution in [0.2, 0.25) is 0 Å². The van der Waals surface area contributed by atoms with Crippen LogP contribution >= 0.6 is 0 Å². The van der Waals surface area contributed by atoms with Crippen LogP contribution in [0.3, 0.4) is 0 Å². The van der Waals surface area contributed by atoms with E-state index in [0.29, 0.717) is 12.1 Å². The first kappa shape index (κ1) is 13.3. The minimum absolute atomic E-state index is 0.179. The van der Waals surface area contributed by atoms with Gasteiger partial charge in [0.05, 0.1) is 0 Å². The Labute approximate surface area is 98.7 Å². The Bertz CT molecular complexity index is 357. The molecule has 0 aliphatic rings. The predicted molar refractivity (Wildman–Crippen MR) is 66.3 cm³/mol. The molecule has 1 N–H and O–H groups in total. The Morgan fingerprint density at radius 3 is 2.75 bits per heavy atom. The van der Waals surface area contributed by atoms with Crippen LogP contribution in [0.25, 0.3) is 0 Å². The summed E-state index contributed by atoms with van der Waals surface area (Å²) in [5.74, 6) is -0.179. The molecule has 1 aromatic rings. The molecule has 0 aliphatic heterocycles. The monoisotopic (exact) mass is 243 g/mol. The van der Waals surface area contributed by atoms with Crippen LogP contribution in [0, 0.1) is 5.82 Å². The number of rotatable bonds is 6. The minimum atomic E-state index is -0.777. The van der Waals surface area contributed by atoms with Crippen molar-refractivity contribution in [2.75, 3.05) is 12.8 Å². The zero-order valence-corrected chi connectivity index (χ0v) is 10.5. The quantitative estimate of drug-likeness (QED) is 0.775. The van der Waals surface area contributed by atoms with Crippen molar-refractivity contribution >= 4 is 10.8 Å². The number of hydrogen-bond acceptors (Lipinski definition) is 2. The van der Waals surface area contributed by atoms with E-state index in [2.05, 4.69) is 5.32 Å². The van der Waals surface area contributed by atoms with Gasteiger partial charge in [-0.1, -0.05) is 25.1 Å². The number of benzene rings is 1. The Morgan fingerprint density at radius 2 is 2.12 bits per heavy atom. The molecule has 0 radical (unpaired) electrons. The molecule has 0 amide bonds. The molecule has 0 saturated heterocycles. The lowest BCUT2D eigenvalue weighted by Gasteiger charge is -2.09. The second-order valence-electron chi connectivity index (χ2n) is 3.87. The van der Waals surface area contributed by atoms with E-state index in [1.807, 2.05) is 13.0 Å². The van der Waals surface area contributed by atoms with Crippen LogP contribution in [-0.4, -0.2) is 22.3 Å². The van der Waals surface area contributed by atoms with Gasteiger partial charge in [-0.15, -0.1) is 0 Å². The van der Waals surface area contributed by atoms with E-state index in [1.165, 1.54) is 6.07 Å². The second-order valence-corrected chi connectivity index (χ2v) is 5.67. The van der Waals surface area contributed by atoms with Crippen molar-refractivity contribution < 1.29 is 8.60 Å². The maximum Gasteiger partial charge on any atom is 0.127 e. The Morgan fingerprint density at radius 1 is 1.44 bits per heavy atom. The van der Waals surface area contributed by atoms with E-state index in [-0.39, 0.29) is 11.1 Å². The highest BCUT2D eigenvalue weighted by Crippen LogP contribution is 2.05. The molecule has 1 aromatic carbocycles. The molecule has 90 valence electrons. The molecule has 0 heterocycles. The standard InChI is InChI=1S/C12H18FNOS/c1-10(16(2)15)7-8-14-9-11-5-3-4-6-12(11)13/h3-6,10,14H,7-9H2,1-2H3. The van der Waals surface area contributed by atoms with Gasteiger partial charge in [-0.05, 0) is 19.0 Å². The summed E-state index contributed by atoms with van der Waals surface area (Å²) in [4.78, 5) is 0. The first-order valence-electron chi connectivity index (χ1n) is 5.37. The summed E-state index contributed by atoms with van der Waals surface area (Å²) < 4.78 is 24.3. The first-order valence-corrected chi connectivity index (χ1v) is 6.99. The van der Waals surface area contributed by atoms with Crippen LogP contribution < -0.4 is 5.32 Å². The molecule has 1 rings (SSSR count). The first-order chi connectivity index (χ1) is 7.61. The van der Waals surface area contributed by atoms with Crippen LogP contribution in [0.4, 0.5) is 4.39 Å². The molecular weight excluding hydrogens is 225 g/mol. The van der Waals surface area contributed by atoms with Crippen LogP contribution in [0.5, 0.6) is 0 Å². The van der Waals surface area contributed by atoms with Crippen molar-refractivity contribution in [1.82, 2.24) is 5.32 Å². The smallest absolute Gasteiger partial charge is 0.127 e. The summed E-state index contributed by atoms with van der Waals surface area (Å²) in [6.07, 6.45) is 2.55. The lowest BCUT2D eigenvalue weighted by molar-refractivity contribution is 0.579. The molecule has 0 spiro atoms. The van der Waals surface area contributed by atoms with E-state index in [9.17, 15) is 8.60 Å². The fourth-order valence-corrected chi connectivity index (χ4v) is 1.79. The van der Waals surface area contributed by atoms with Crippen LogP contribution in [0.1, 0.15) is 18.9 Å². The molecule has 0 aliphatic carbocycles. The maximum atomic E-state index is 13.2. The third kappa shape index (κ3) is 4.41. The third-order valence-corrected chi connectivity index (χ3v) is 3.94. The van der Waals surface area contributed by atoms with E-state index < -0.39 is 10.8 Å². The zero-order valence-electron chi connectivity index (χ0n) is 9.70. The largest absolute Gasteiger partial charge is 0.313 e. The van der Waals surface area contributed by atoms with Crippen molar-refractivity contribution in [2.45, 2.75) is 25.1 Å². The summed E-state index contributed by atoms with van der Waals surface area (Å²) in [5, 5.41) is 3.34. The highest BCUT2D eigenvalue weighted by molar-refractivity contribution is 7.84. The topological polar surface area (TPSA) is 29.1 Å². The molecule has 0 fully saturated rings. The Kier molecular flexibility index (Phi) is 5.63. The van der Waals surface area contributed by atoms with Gasteiger partial charge in [0, 0.05) is 34.4 Å². The predicted octanol–water partition coefficient (Wildman–Crippen LogP) is 2.07. The van der Waals surface area contributed by atoms with E-state index in [0.717, 1.165) is 13.0 Å². The van der Waals surface area contributed by atoms with Crippen LogP contribution in [-0.2, 0) is 17.3 Å². The zero-order chi connectivity index (χ0) is 12.0. The molecule has 2 unspecified atom stereocenters. The maximum absolute atomic E-state index is 13.2. The SMILES string of the molecule is CC(CCNCc1ccccc1F)S(C)=O. The van der Waals surface area contributed by atoms with Crippen molar-refractivity contribution in [3.8, 4) is 0 Å². The summed E-state index contributed by atoms with van der Waals surface area (Å²) >= 11 is 0. The van der Waals surface area contributed by atoms with Gasteiger partial charge in [0.15, 0.2) is 0 Å². The van der Waals surface area contributed by atoms with Gasteiger partial charge in [-0.2, -0.15) is 0 Å². The Balaban J connectivity index is 2.26. The molecule has 16 heavy (non-hydrogen) atoms. The van der Waals surface area contributed by atoms with E-state index >= 15 is 0 Å². The van der Waals surface area contributed by atoms with E-state index in [4.69, 9.17) is 0 Å². The molecule has 0 bridgehead atoms. The van der Waals surface area contributed by atoms with Crippen LogP contribution in [0.15, 0.2) is 24.3 Å². The van der Waals surface area contributed by atoms with Crippen molar-refractivity contribution in [3.05, 3.63) is 35.6 Å².